The van der Waals surface area contributed by atoms with E-state index >= 15 is 0 Å². The smallest absolute Gasteiger partial charge is 0.268 e. The SMILES string of the molecule is N#Cc1cccc(-c2cccc3c2c2c(-c4cccc(C#N)c4)cccc2n3-c2cccc3c2C(=O)N(c2ccccc2-c2ccccc2)C3=O)c1. The predicted molar refractivity (Wildman–Crippen MR) is 204 cm³/mol. The summed E-state index contributed by atoms with van der Waals surface area (Å²) in [5.41, 5.74) is 9.75. The van der Waals surface area contributed by atoms with Crippen molar-refractivity contribution in [2.24, 2.45) is 0 Å². The van der Waals surface area contributed by atoms with Crippen molar-refractivity contribution >= 4 is 39.3 Å². The molecule has 1 aliphatic heterocycles. The first kappa shape index (κ1) is 30.5. The van der Waals surface area contributed by atoms with Crippen LogP contribution in [0.5, 0.6) is 0 Å². The number of hydrogen-bond acceptors (Lipinski definition) is 4. The number of aromatic nitrogens is 1. The van der Waals surface area contributed by atoms with Gasteiger partial charge in [0.2, 0.25) is 0 Å². The zero-order chi connectivity index (χ0) is 35.3. The van der Waals surface area contributed by atoms with Crippen molar-refractivity contribution in [3.8, 4) is 51.2 Å². The molecule has 0 saturated carbocycles. The van der Waals surface area contributed by atoms with E-state index in [1.54, 1.807) is 18.2 Å². The number of nitriles is 2. The highest BCUT2D eigenvalue weighted by Crippen LogP contribution is 2.45. The van der Waals surface area contributed by atoms with Gasteiger partial charge in [-0.05, 0) is 82.4 Å². The van der Waals surface area contributed by atoms with Crippen LogP contribution in [0, 0.1) is 22.7 Å². The zero-order valence-electron chi connectivity index (χ0n) is 27.6. The summed E-state index contributed by atoms with van der Waals surface area (Å²) in [6.07, 6.45) is 0. The van der Waals surface area contributed by atoms with Crippen LogP contribution >= 0.6 is 0 Å². The summed E-state index contributed by atoms with van der Waals surface area (Å²) in [6.45, 7) is 0. The molecule has 6 heteroatoms. The summed E-state index contributed by atoms with van der Waals surface area (Å²) in [7, 11) is 0. The molecule has 0 unspecified atom stereocenters. The number of fused-ring (bicyclic) bond motifs is 4. The quantitative estimate of drug-likeness (QED) is 0.171. The minimum atomic E-state index is -0.398. The molecule has 0 spiro atoms. The van der Waals surface area contributed by atoms with E-state index in [4.69, 9.17) is 0 Å². The molecule has 0 radical (unpaired) electrons. The molecule has 0 atom stereocenters. The number of para-hydroxylation sites is 1. The van der Waals surface area contributed by atoms with Gasteiger partial charge >= 0.3 is 0 Å². The highest BCUT2D eigenvalue weighted by molar-refractivity contribution is 6.36. The average Bonchev–Trinajstić information content (AvgIpc) is 3.68. The van der Waals surface area contributed by atoms with Crippen molar-refractivity contribution in [3.05, 3.63) is 180 Å². The Hall–Kier alpha value is -7.54. The van der Waals surface area contributed by atoms with Gasteiger partial charge in [-0.15, -0.1) is 0 Å². The minimum absolute atomic E-state index is 0.322. The van der Waals surface area contributed by atoms with Crippen LogP contribution in [0.2, 0.25) is 0 Å². The third-order valence-corrected chi connectivity index (χ3v) is 9.79. The van der Waals surface area contributed by atoms with Crippen LogP contribution in [0.25, 0.3) is 60.9 Å². The molecular formula is C46H26N4O2. The lowest BCUT2D eigenvalue weighted by Gasteiger charge is -2.18. The maximum Gasteiger partial charge on any atom is 0.268 e. The first-order chi connectivity index (χ1) is 25.6. The molecular weight excluding hydrogens is 641 g/mol. The molecule has 8 aromatic rings. The number of benzene rings is 7. The van der Waals surface area contributed by atoms with E-state index in [0.717, 1.165) is 55.2 Å². The van der Waals surface area contributed by atoms with Crippen LogP contribution in [0.3, 0.4) is 0 Å². The van der Waals surface area contributed by atoms with Gasteiger partial charge in [0, 0.05) is 16.3 Å². The van der Waals surface area contributed by atoms with Crippen molar-refractivity contribution in [1.29, 1.82) is 10.5 Å². The Morgan fingerprint density at radius 3 is 1.52 bits per heavy atom. The topological polar surface area (TPSA) is 89.9 Å². The van der Waals surface area contributed by atoms with Crippen molar-refractivity contribution in [3.63, 3.8) is 0 Å². The van der Waals surface area contributed by atoms with Gasteiger partial charge in [-0.2, -0.15) is 10.5 Å². The first-order valence-corrected chi connectivity index (χ1v) is 16.8. The molecule has 9 rings (SSSR count). The highest BCUT2D eigenvalue weighted by atomic mass is 16.2. The average molecular weight is 667 g/mol. The van der Waals surface area contributed by atoms with Crippen molar-refractivity contribution in [2.45, 2.75) is 0 Å². The lowest BCUT2D eigenvalue weighted by molar-refractivity contribution is 0.0926. The van der Waals surface area contributed by atoms with Crippen molar-refractivity contribution < 1.29 is 9.59 Å². The van der Waals surface area contributed by atoms with Gasteiger partial charge < -0.3 is 4.57 Å². The Morgan fingerprint density at radius 1 is 0.423 bits per heavy atom. The molecule has 7 aromatic carbocycles. The molecule has 52 heavy (non-hydrogen) atoms. The number of carbonyl (C=O) groups is 2. The van der Waals surface area contributed by atoms with E-state index in [2.05, 4.69) is 16.7 Å². The molecule has 0 N–H and O–H groups in total. The zero-order valence-corrected chi connectivity index (χ0v) is 27.6. The van der Waals surface area contributed by atoms with E-state index in [-0.39, 0.29) is 5.91 Å². The molecule has 2 amide bonds. The maximum absolute atomic E-state index is 14.7. The van der Waals surface area contributed by atoms with E-state index in [0.29, 0.717) is 33.6 Å². The van der Waals surface area contributed by atoms with Gasteiger partial charge in [0.25, 0.3) is 11.8 Å². The Morgan fingerprint density at radius 2 is 0.904 bits per heavy atom. The van der Waals surface area contributed by atoms with Gasteiger partial charge in [-0.25, -0.2) is 4.90 Å². The van der Waals surface area contributed by atoms with Gasteiger partial charge in [0.1, 0.15) is 0 Å². The molecule has 2 heterocycles. The summed E-state index contributed by atoms with van der Waals surface area (Å²) in [5, 5.41) is 21.4. The van der Waals surface area contributed by atoms with Gasteiger partial charge in [-0.3, -0.25) is 9.59 Å². The van der Waals surface area contributed by atoms with Crippen molar-refractivity contribution in [1.82, 2.24) is 4.57 Å². The second-order valence-corrected chi connectivity index (χ2v) is 12.6. The second-order valence-electron chi connectivity index (χ2n) is 12.6. The standard InChI is InChI=1S/C46H26N4O2/c47-27-29-11-6-15-32(25-29)35-18-8-22-39-42(35)43-36(33-16-7-12-30(26-33)28-48)19-9-23-40(43)49(39)41-24-10-20-37-44(41)46(52)50(45(37)51)38-21-5-4-17-34(38)31-13-2-1-3-14-31/h1-26H. The normalized spacial score (nSPS) is 12.2. The number of hydrogen-bond donors (Lipinski definition) is 0. The molecule has 6 nitrogen and oxygen atoms in total. The minimum Gasteiger partial charge on any atom is -0.308 e. The van der Waals surface area contributed by atoms with Crippen LogP contribution < -0.4 is 4.90 Å². The lowest BCUT2D eigenvalue weighted by Crippen LogP contribution is -2.30. The third kappa shape index (κ3) is 4.64. The fourth-order valence-corrected chi connectivity index (χ4v) is 7.56. The number of rotatable bonds is 5. The largest absolute Gasteiger partial charge is 0.308 e. The first-order valence-electron chi connectivity index (χ1n) is 16.8. The Kier molecular flexibility index (Phi) is 7.10. The number of amides is 2. The van der Waals surface area contributed by atoms with E-state index in [1.807, 2.05) is 140 Å². The molecule has 0 fully saturated rings. The van der Waals surface area contributed by atoms with Crippen LogP contribution in [-0.2, 0) is 0 Å². The summed E-state index contributed by atoms with van der Waals surface area (Å²) < 4.78 is 2.07. The molecule has 0 saturated heterocycles. The number of carbonyl (C=O) groups excluding carboxylic acids is 2. The Bertz CT molecular complexity index is 2760. The Balaban J connectivity index is 1.33. The molecule has 1 aromatic heterocycles. The van der Waals surface area contributed by atoms with E-state index < -0.39 is 5.91 Å². The van der Waals surface area contributed by atoms with E-state index in [1.165, 1.54) is 4.90 Å². The molecule has 0 bridgehead atoms. The van der Waals surface area contributed by atoms with Gasteiger partial charge in [-0.1, -0.05) is 103 Å². The molecule has 1 aliphatic rings. The maximum atomic E-state index is 14.7. The predicted octanol–water partition coefficient (Wildman–Crippen LogP) is 10.3. The molecule has 0 aliphatic carbocycles. The summed E-state index contributed by atoms with van der Waals surface area (Å²) >= 11 is 0. The lowest BCUT2D eigenvalue weighted by atomic mass is 9.94. The van der Waals surface area contributed by atoms with Crippen LogP contribution in [-0.4, -0.2) is 16.4 Å². The number of anilines is 1. The van der Waals surface area contributed by atoms with Gasteiger partial charge in [0.15, 0.2) is 0 Å². The van der Waals surface area contributed by atoms with Crippen LogP contribution in [0.15, 0.2) is 158 Å². The summed E-state index contributed by atoms with van der Waals surface area (Å²) in [4.78, 5) is 30.3. The monoisotopic (exact) mass is 666 g/mol. The van der Waals surface area contributed by atoms with Crippen LogP contribution in [0.1, 0.15) is 31.8 Å². The van der Waals surface area contributed by atoms with Crippen molar-refractivity contribution in [2.75, 3.05) is 4.90 Å². The van der Waals surface area contributed by atoms with Gasteiger partial charge in [0.05, 0.1) is 56.8 Å². The highest BCUT2D eigenvalue weighted by Gasteiger charge is 2.40. The Labute approximate surface area is 299 Å². The van der Waals surface area contributed by atoms with Crippen LogP contribution in [0.4, 0.5) is 5.69 Å². The summed E-state index contributed by atoms with van der Waals surface area (Å²) in [5.74, 6) is -0.779. The number of nitrogens with zero attached hydrogens (tertiary/aromatic N) is 4. The van der Waals surface area contributed by atoms with E-state index in [9.17, 15) is 20.1 Å². The summed E-state index contributed by atoms with van der Waals surface area (Å²) in [6, 6.07) is 54.3. The fourth-order valence-electron chi connectivity index (χ4n) is 7.56. The second kappa shape index (κ2) is 12.1. The molecule has 242 valence electrons. The third-order valence-electron chi connectivity index (χ3n) is 9.79. The number of imide groups is 1. The fraction of sp³-hybridized carbons (Fsp3) is 0.